The van der Waals surface area contributed by atoms with Crippen LogP contribution < -0.4 is 0 Å². The summed E-state index contributed by atoms with van der Waals surface area (Å²) in [4.78, 5) is 34.8. The van der Waals surface area contributed by atoms with E-state index in [9.17, 15) is 14.4 Å². The second kappa shape index (κ2) is 33.6. The fourth-order valence-electron chi connectivity index (χ4n) is 4.62. The van der Waals surface area contributed by atoms with E-state index in [1.165, 1.54) is 0 Å². The van der Waals surface area contributed by atoms with Crippen molar-refractivity contribution < 1.29 is 55.2 Å². The van der Waals surface area contributed by atoms with E-state index in [-0.39, 0.29) is 63.5 Å². The van der Waals surface area contributed by atoms with Crippen LogP contribution in [0.3, 0.4) is 0 Å². The predicted molar refractivity (Wildman–Crippen MR) is 244 cm³/mol. The van der Waals surface area contributed by atoms with Crippen molar-refractivity contribution in [1.29, 1.82) is 0 Å². The molecule has 0 unspecified atom stereocenters. The zero-order valence-corrected chi connectivity index (χ0v) is 36.7. The van der Waals surface area contributed by atoms with Crippen LogP contribution in [0.1, 0.15) is 33.4 Å². The number of alkyl halides is 2. The fourth-order valence-corrected chi connectivity index (χ4v) is 4.62. The summed E-state index contributed by atoms with van der Waals surface area (Å²) in [5.74, 6) is -0.0341. The molecular formula is C52H44Cl2O3Pd2. The molecule has 0 amide bonds. The third-order valence-corrected chi connectivity index (χ3v) is 7.44. The van der Waals surface area contributed by atoms with Crippen molar-refractivity contribution in [3.8, 4) is 0 Å². The van der Waals surface area contributed by atoms with E-state index in [1.54, 1.807) is 36.5 Å². The molecule has 0 aliphatic heterocycles. The van der Waals surface area contributed by atoms with Gasteiger partial charge in [0.15, 0.2) is 17.3 Å². The number of carbonyl (C=O) groups is 3. The van der Waals surface area contributed by atoms with Crippen LogP contribution in [0.2, 0.25) is 0 Å². The maximum absolute atomic E-state index is 11.6. The molecule has 0 saturated carbocycles. The number of hydrogen-bond acceptors (Lipinski definition) is 3. The molecule has 0 aromatic heterocycles. The SMILES string of the molecule is ClCCl.O=C(C=Cc1ccccc1)C=Cc1ccccc1.O=C(C=Cc1ccccc1)C=Cc1ccccc1.O=C(C=Cc1ccccc1)C=Cc1ccccc1.[Pd].[Pd]. The van der Waals surface area contributed by atoms with Crippen molar-refractivity contribution in [1.82, 2.24) is 0 Å². The minimum Gasteiger partial charge on any atom is -0.290 e. The fraction of sp³-hybridized carbons (Fsp3) is 0.0192. The van der Waals surface area contributed by atoms with Gasteiger partial charge in [-0.3, -0.25) is 14.4 Å². The Hall–Kier alpha value is -5.33. The molecule has 0 saturated heterocycles. The van der Waals surface area contributed by atoms with Gasteiger partial charge in [-0.1, -0.05) is 218 Å². The largest absolute Gasteiger partial charge is 0.290 e. The van der Waals surface area contributed by atoms with Crippen molar-refractivity contribution in [2.75, 3.05) is 5.34 Å². The number of halogens is 2. The number of rotatable bonds is 12. The average Bonchev–Trinajstić information content (AvgIpc) is 3.27. The number of carbonyl (C=O) groups excluding carboxylic acids is 3. The van der Waals surface area contributed by atoms with Gasteiger partial charge in [0.25, 0.3) is 0 Å². The number of hydrogen-bond donors (Lipinski definition) is 0. The van der Waals surface area contributed by atoms with Gasteiger partial charge in [-0.2, -0.15) is 0 Å². The van der Waals surface area contributed by atoms with E-state index in [1.807, 2.05) is 218 Å². The first kappa shape index (κ1) is 51.7. The second-order valence-electron chi connectivity index (χ2n) is 11.8. The molecule has 59 heavy (non-hydrogen) atoms. The predicted octanol–water partition coefficient (Wildman–Crippen LogP) is 13.4. The van der Waals surface area contributed by atoms with Gasteiger partial charge < -0.3 is 0 Å². The first-order chi connectivity index (χ1) is 27.9. The van der Waals surface area contributed by atoms with E-state index in [0.717, 1.165) is 33.4 Å². The quantitative estimate of drug-likeness (QED) is 0.0697. The van der Waals surface area contributed by atoms with Crippen molar-refractivity contribution in [3.05, 3.63) is 252 Å². The monoisotopic (exact) mass is 998 g/mol. The molecule has 0 radical (unpaired) electrons. The van der Waals surface area contributed by atoms with Gasteiger partial charge in [0.2, 0.25) is 0 Å². The molecule has 0 aliphatic carbocycles. The second-order valence-corrected chi connectivity index (χ2v) is 12.6. The van der Waals surface area contributed by atoms with Gasteiger partial charge in [-0.25, -0.2) is 0 Å². The summed E-state index contributed by atoms with van der Waals surface area (Å²) in [6.07, 6.45) is 20.4. The van der Waals surface area contributed by atoms with Gasteiger partial charge in [0, 0.05) is 40.8 Å². The van der Waals surface area contributed by atoms with Crippen LogP contribution in [0.4, 0.5) is 0 Å². The van der Waals surface area contributed by atoms with Crippen molar-refractivity contribution in [3.63, 3.8) is 0 Å². The van der Waals surface area contributed by atoms with Gasteiger partial charge in [-0.15, -0.1) is 23.2 Å². The zero-order chi connectivity index (χ0) is 40.6. The van der Waals surface area contributed by atoms with Gasteiger partial charge in [0.1, 0.15) is 0 Å². The van der Waals surface area contributed by atoms with Crippen LogP contribution in [0.25, 0.3) is 36.5 Å². The molecule has 0 atom stereocenters. The standard InChI is InChI=1S/3C17H14O.CH2Cl2.2Pd/c3*18-17(13-11-15-7-3-1-4-8-15)14-12-16-9-5-2-6-10-16;2-1-3;;/h3*1-14H;1H2;;. The first-order valence-electron chi connectivity index (χ1n) is 18.1. The average molecular weight is 1000 g/mol. The summed E-state index contributed by atoms with van der Waals surface area (Å²) in [6.45, 7) is 0. The molecular weight excluding hydrogens is 956 g/mol. The first-order valence-corrected chi connectivity index (χ1v) is 19.1. The van der Waals surface area contributed by atoms with Crippen LogP contribution in [0.15, 0.2) is 218 Å². The Bertz CT molecular complexity index is 1790. The van der Waals surface area contributed by atoms with Crippen molar-refractivity contribution in [2.45, 2.75) is 0 Å². The Balaban J connectivity index is 0.000000421. The molecule has 304 valence electrons. The molecule has 0 fully saturated rings. The summed E-state index contributed by atoms with van der Waals surface area (Å²) >= 11 is 9.53. The molecule has 6 aromatic rings. The van der Waals surface area contributed by atoms with E-state index >= 15 is 0 Å². The minimum absolute atomic E-state index is 0. The smallest absolute Gasteiger partial charge is 0.178 e. The van der Waals surface area contributed by atoms with Crippen LogP contribution in [-0.2, 0) is 55.2 Å². The zero-order valence-electron chi connectivity index (χ0n) is 32.1. The number of allylic oxidation sites excluding steroid dienone is 6. The Morgan fingerprint density at radius 3 is 0.525 bits per heavy atom. The van der Waals surface area contributed by atoms with Gasteiger partial charge in [-0.05, 0) is 69.8 Å². The molecule has 0 aliphatic rings. The Morgan fingerprint density at radius 2 is 0.407 bits per heavy atom. The minimum atomic E-state index is -0.0114. The van der Waals surface area contributed by atoms with E-state index in [4.69, 9.17) is 23.2 Å². The van der Waals surface area contributed by atoms with E-state index < -0.39 is 0 Å². The maximum Gasteiger partial charge on any atom is 0.178 e. The summed E-state index contributed by atoms with van der Waals surface area (Å²) in [5.41, 5.74) is 6.16. The number of ketones is 3. The molecule has 0 bridgehead atoms. The van der Waals surface area contributed by atoms with Crippen LogP contribution >= 0.6 is 23.2 Å². The Morgan fingerprint density at radius 1 is 0.288 bits per heavy atom. The van der Waals surface area contributed by atoms with E-state index in [0.29, 0.717) is 0 Å². The molecule has 0 N–H and O–H groups in total. The van der Waals surface area contributed by atoms with Gasteiger partial charge >= 0.3 is 0 Å². The third-order valence-electron chi connectivity index (χ3n) is 7.44. The van der Waals surface area contributed by atoms with Crippen LogP contribution in [0, 0.1) is 0 Å². The maximum atomic E-state index is 11.6. The molecule has 3 nitrogen and oxygen atoms in total. The Kier molecular flexibility index (Phi) is 29.5. The summed E-state index contributed by atoms with van der Waals surface area (Å²) in [7, 11) is 0. The molecule has 6 aromatic carbocycles. The van der Waals surface area contributed by atoms with E-state index in [2.05, 4.69) is 0 Å². The molecule has 6 rings (SSSR count). The van der Waals surface area contributed by atoms with Crippen molar-refractivity contribution >= 4 is 77.0 Å². The normalized spacial score (nSPS) is 10.5. The summed E-state index contributed by atoms with van der Waals surface area (Å²) < 4.78 is 0. The van der Waals surface area contributed by atoms with Gasteiger partial charge in [0.05, 0.1) is 5.34 Å². The molecule has 0 heterocycles. The molecule has 0 spiro atoms. The topological polar surface area (TPSA) is 51.2 Å². The Labute approximate surface area is 386 Å². The van der Waals surface area contributed by atoms with Crippen molar-refractivity contribution in [2.24, 2.45) is 0 Å². The summed E-state index contributed by atoms with van der Waals surface area (Å²) in [6, 6.07) is 58.7. The molecule has 7 heteroatoms. The number of benzene rings is 6. The summed E-state index contributed by atoms with van der Waals surface area (Å²) in [5, 5.41) is 0.194. The third kappa shape index (κ3) is 25.6. The van der Waals surface area contributed by atoms with Crippen LogP contribution in [0.5, 0.6) is 0 Å². The van der Waals surface area contributed by atoms with Crippen LogP contribution in [-0.4, -0.2) is 22.7 Å².